The molecule has 1 heterocycles. The van der Waals surface area contributed by atoms with Gasteiger partial charge in [-0.05, 0) is 16.3 Å². The average Bonchev–Trinajstić information content (AvgIpc) is 2.67. The molecule has 3 unspecified atom stereocenters. The molecule has 0 bridgehead atoms. The summed E-state index contributed by atoms with van der Waals surface area (Å²) in [6, 6.07) is 16.2. The van der Waals surface area contributed by atoms with Crippen molar-refractivity contribution in [3.8, 4) is 0 Å². The molecule has 0 amide bonds. The Morgan fingerprint density at radius 3 is 1.96 bits per heavy atom. The second kappa shape index (κ2) is 7.14. The molecule has 5 heteroatoms. The number of nitrogens with zero attached hydrogens (tertiary/aromatic N) is 1. The highest BCUT2D eigenvalue weighted by Gasteiger charge is 2.34. The molecule has 4 rings (SSSR count). The van der Waals surface area contributed by atoms with Gasteiger partial charge in [0, 0.05) is 42.9 Å². The van der Waals surface area contributed by atoms with Gasteiger partial charge in [0.15, 0.2) is 0 Å². The van der Waals surface area contributed by atoms with E-state index in [2.05, 4.69) is 17.0 Å². The van der Waals surface area contributed by atoms with Gasteiger partial charge in [0.05, 0.1) is 17.2 Å². The summed E-state index contributed by atoms with van der Waals surface area (Å²) in [5.74, 6) is -0.344. The van der Waals surface area contributed by atoms with Crippen molar-refractivity contribution < 1.29 is 15.3 Å². The van der Waals surface area contributed by atoms with Crippen LogP contribution in [0, 0.1) is 5.92 Å². The lowest BCUT2D eigenvalue weighted by Crippen LogP contribution is -2.53. The minimum absolute atomic E-state index is 0.142. The molecular weight excluding hydrogens is 350 g/mol. The van der Waals surface area contributed by atoms with E-state index in [1.807, 2.05) is 36.4 Å². The normalized spacial score (nSPS) is 24.4. The van der Waals surface area contributed by atoms with Gasteiger partial charge in [0.2, 0.25) is 0 Å². The summed E-state index contributed by atoms with van der Waals surface area (Å²) in [5.41, 5.74) is 1.15. The summed E-state index contributed by atoms with van der Waals surface area (Å²) in [4.78, 5) is 2.10. The van der Waals surface area contributed by atoms with E-state index in [1.165, 1.54) is 0 Å². The zero-order valence-corrected chi connectivity index (χ0v) is 15.1. The molecule has 1 aliphatic heterocycles. The van der Waals surface area contributed by atoms with E-state index in [4.69, 9.17) is 11.6 Å². The fourth-order valence-electron chi connectivity index (χ4n) is 4.06. The zero-order chi connectivity index (χ0) is 18.3. The number of halogens is 1. The molecule has 136 valence electrons. The number of aliphatic hydroxyl groups is 3. The zero-order valence-electron chi connectivity index (χ0n) is 14.3. The summed E-state index contributed by atoms with van der Waals surface area (Å²) < 4.78 is 0. The lowest BCUT2D eigenvalue weighted by molar-refractivity contribution is -0.0878. The van der Waals surface area contributed by atoms with Crippen LogP contribution in [-0.4, -0.2) is 52.1 Å². The van der Waals surface area contributed by atoms with Crippen LogP contribution in [0.15, 0.2) is 48.5 Å². The highest BCUT2D eigenvalue weighted by atomic mass is 35.5. The van der Waals surface area contributed by atoms with Crippen LogP contribution in [-0.2, 0) is 6.54 Å². The topological polar surface area (TPSA) is 63.9 Å². The fourth-order valence-corrected chi connectivity index (χ4v) is 4.38. The highest BCUT2D eigenvalue weighted by molar-refractivity contribution is 6.41. The van der Waals surface area contributed by atoms with Gasteiger partial charge in [-0.3, -0.25) is 4.90 Å². The van der Waals surface area contributed by atoms with Crippen LogP contribution >= 0.6 is 11.6 Å². The van der Waals surface area contributed by atoms with Gasteiger partial charge >= 0.3 is 0 Å². The number of β-amino-alcohol motifs (C(OH)–C–C–N with tert-alkyl or cyclic N) is 1. The molecule has 0 spiro atoms. The minimum atomic E-state index is -0.880. The van der Waals surface area contributed by atoms with Crippen LogP contribution in [0.1, 0.15) is 5.56 Å². The molecular formula is C21H22ClNO3. The Hall–Kier alpha value is -1.69. The number of rotatable bonds is 3. The molecule has 3 aromatic carbocycles. The van der Waals surface area contributed by atoms with Crippen molar-refractivity contribution >= 4 is 33.1 Å². The maximum Gasteiger partial charge on any atom is 0.0929 e. The number of hydrogen-bond donors (Lipinski definition) is 3. The Labute approximate surface area is 157 Å². The van der Waals surface area contributed by atoms with Crippen molar-refractivity contribution in [2.45, 2.75) is 18.8 Å². The van der Waals surface area contributed by atoms with Crippen molar-refractivity contribution in [2.75, 3.05) is 19.7 Å². The molecule has 0 saturated carbocycles. The second-order valence-corrected chi connectivity index (χ2v) is 7.46. The monoisotopic (exact) mass is 371 g/mol. The van der Waals surface area contributed by atoms with Crippen molar-refractivity contribution in [3.63, 3.8) is 0 Å². The third-order valence-electron chi connectivity index (χ3n) is 5.41. The number of aliphatic hydroxyl groups excluding tert-OH is 3. The maximum atomic E-state index is 10.2. The van der Waals surface area contributed by atoms with Crippen molar-refractivity contribution in [1.29, 1.82) is 0 Å². The first-order chi connectivity index (χ1) is 12.6. The number of benzene rings is 3. The third-order valence-corrected chi connectivity index (χ3v) is 5.82. The first-order valence-corrected chi connectivity index (χ1v) is 9.25. The smallest absolute Gasteiger partial charge is 0.0929 e. The second-order valence-electron chi connectivity index (χ2n) is 7.08. The van der Waals surface area contributed by atoms with Crippen LogP contribution in [0.5, 0.6) is 0 Å². The van der Waals surface area contributed by atoms with Gasteiger partial charge in [0.1, 0.15) is 0 Å². The lowest BCUT2D eigenvalue weighted by Gasteiger charge is -2.39. The molecule has 4 nitrogen and oxygen atoms in total. The van der Waals surface area contributed by atoms with Gasteiger partial charge in [-0.1, -0.05) is 60.1 Å². The van der Waals surface area contributed by atoms with E-state index < -0.39 is 12.2 Å². The molecule has 1 fully saturated rings. The van der Waals surface area contributed by atoms with E-state index in [0.717, 1.165) is 32.1 Å². The number of likely N-dealkylation sites (tertiary alicyclic amines) is 1. The Balaban J connectivity index is 1.81. The number of fused-ring (bicyclic) bond motifs is 2. The summed E-state index contributed by atoms with van der Waals surface area (Å²) in [7, 11) is 0. The SMILES string of the molecule is OCC1CN(Cc2c3ccccc3c(Cl)c3ccccc23)CC(O)C1O. The van der Waals surface area contributed by atoms with Crippen LogP contribution in [0.2, 0.25) is 5.02 Å². The Kier molecular flexibility index (Phi) is 4.86. The van der Waals surface area contributed by atoms with Crippen molar-refractivity contribution in [1.82, 2.24) is 4.90 Å². The molecule has 1 saturated heterocycles. The van der Waals surface area contributed by atoms with Gasteiger partial charge in [-0.2, -0.15) is 0 Å². The van der Waals surface area contributed by atoms with Crippen molar-refractivity contribution in [2.24, 2.45) is 5.92 Å². The largest absolute Gasteiger partial charge is 0.396 e. The average molecular weight is 372 g/mol. The molecule has 1 aliphatic rings. The van der Waals surface area contributed by atoms with Crippen LogP contribution in [0.3, 0.4) is 0 Å². The van der Waals surface area contributed by atoms with Crippen LogP contribution in [0.25, 0.3) is 21.5 Å². The van der Waals surface area contributed by atoms with Gasteiger partial charge in [-0.15, -0.1) is 0 Å². The lowest BCUT2D eigenvalue weighted by atomic mass is 9.91. The summed E-state index contributed by atoms with van der Waals surface area (Å²) in [5, 5.41) is 34.7. The molecule has 0 aromatic heterocycles. The van der Waals surface area contributed by atoms with Gasteiger partial charge in [-0.25, -0.2) is 0 Å². The number of piperidine rings is 1. The van der Waals surface area contributed by atoms with E-state index in [-0.39, 0.29) is 12.5 Å². The first kappa shape index (κ1) is 17.7. The predicted molar refractivity (Wildman–Crippen MR) is 104 cm³/mol. The highest BCUT2D eigenvalue weighted by Crippen LogP contribution is 2.37. The molecule has 26 heavy (non-hydrogen) atoms. The van der Waals surface area contributed by atoms with Gasteiger partial charge in [0.25, 0.3) is 0 Å². The van der Waals surface area contributed by atoms with E-state index in [9.17, 15) is 15.3 Å². The summed E-state index contributed by atoms with van der Waals surface area (Å²) >= 11 is 6.66. The molecule has 3 atom stereocenters. The summed E-state index contributed by atoms with van der Waals surface area (Å²) in [6.45, 7) is 1.40. The van der Waals surface area contributed by atoms with E-state index in [0.29, 0.717) is 19.6 Å². The molecule has 3 N–H and O–H groups in total. The summed E-state index contributed by atoms with van der Waals surface area (Å²) in [6.07, 6.45) is -1.74. The quantitative estimate of drug-likeness (QED) is 0.619. The first-order valence-electron chi connectivity index (χ1n) is 8.87. The molecule has 0 radical (unpaired) electrons. The number of hydrogen-bond acceptors (Lipinski definition) is 4. The Bertz CT molecular complexity index is 888. The minimum Gasteiger partial charge on any atom is -0.396 e. The third kappa shape index (κ3) is 2.98. The maximum absolute atomic E-state index is 10.2. The van der Waals surface area contributed by atoms with Crippen molar-refractivity contribution in [3.05, 3.63) is 59.1 Å². The van der Waals surface area contributed by atoms with Crippen LogP contribution in [0.4, 0.5) is 0 Å². The molecule has 3 aromatic rings. The van der Waals surface area contributed by atoms with Crippen LogP contribution < -0.4 is 0 Å². The fraction of sp³-hybridized carbons (Fsp3) is 0.333. The van der Waals surface area contributed by atoms with E-state index in [1.54, 1.807) is 0 Å². The Morgan fingerprint density at radius 2 is 1.42 bits per heavy atom. The van der Waals surface area contributed by atoms with Gasteiger partial charge < -0.3 is 15.3 Å². The van der Waals surface area contributed by atoms with E-state index >= 15 is 0 Å². The predicted octanol–water partition coefficient (Wildman–Crippen LogP) is 2.79. The molecule has 0 aliphatic carbocycles. The standard InChI is InChI=1S/C21H22ClNO3/c22-20-16-7-3-1-5-14(16)18(15-6-2-4-8-17(15)20)10-23-9-13(12-24)21(26)19(25)11-23/h1-8,13,19,21,24-26H,9-12H2. The Morgan fingerprint density at radius 1 is 0.885 bits per heavy atom.